The monoisotopic (exact) mass is 388 g/mol. The molecule has 5 aromatic rings. The lowest BCUT2D eigenvalue weighted by Gasteiger charge is -2.00. The highest BCUT2D eigenvalue weighted by atomic mass is 32.1. The Morgan fingerprint density at radius 1 is 1.04 bits per heavy atom. The van der Waals surface area contributed by atoms with Crippen LogP contribution in [-0.2, 0) is 0 Å². The highest BCUT2D eigenvalue weighted by Gasteiger charge is 2.18. The number of hydrogen-bond donors (Lipinski definition) is 0. The fourth-order valence-electron chi connectivity index (χ4n) is 3.08. The molecule has 0 fully saturated rings. The second kappa shape index (κ2) is 6.61. The summed E-state index contributed by atoms with van der Waals surface area (Å²) in [5.41, 5.74) is 2.86. The van der Waals surface area contributed by atoms with Gasteiger partial charge in [0.1, 0.15) is 10.6 Å². The van der Waals surface area contributed by atoms with E-state index in [1.54, 1.807) is 18.4 Å². The zero-order chi connectivity index (χ0) is 19.1. The van der Waals surface area contributed by atoms with Crippen LogP contribution >= 0.6 is 11.3 Å². The Morgan fingerprint density at radius 3 is 2.57 bits per heavy atom. The van der Waals surface area contributed by atoms with Gasteiger partial charge < -0.3 is 9.26 Å². The number of aromatic nitrogens is 4. The predicted molar refractivity (Wildman–Crippen MR) is 109 cm³/mol. The molecule has 0 aliphatic heterocycles. The smallest absolute Gasteiger partial charge is 0.258 e. The molecule has 3 aromatic heterocycles. The maximum atomic E-state index is 5.48. The Labute approximate surface area is 165 Å². The van der Waals surface area contributed by atoms with Crippen LogP contribution < -0.4 is 4.74 Å². The van der Waals surface area contributed by atoms with Crippen molar-refractivity contribution < 1.29 is 9.26 Å². The summed E-state index contributed by atoms with van der Waals surface area (Å²) < 4.78 is 12.6. The summed E-state index contributed by atoms with van der Waals surface area (Å²) >= 11 is 1.60. The maximum absolute atomic E-state index is 5.48. The average Bonchev–Trinajstić information content (AvgIpc) is 3.45. The lowest BCUT2D eigenvalue weighted by molar-refractivity contribution is 0.414. The van der Waals surface area contributed by atoms with Crippen LogP contribution in [0.25, 0.3) is 38.1 Å². The van der Waals surface area contributed by atoms with Crippen molar-refractivity contribution in [3.8, 4) is 33.6 Å². The van der Waals surface area contributed by atoms with Crippen molar-refractivity contribution in [2.24, 2.45) is 0 Å². The van der Waals surface area contributed by atoms with Crippen molar-refractivity contribution in [3.63, 3.8) is 0 Å². The van der Waals surface area contributed by atoms with E-state index in [1.165, 1.54) is 0 Å². The molecule has 0 unspecified atom stereocenters. The van der Waals surface area contributed by atoms with Gasteiger partial charge in [-0.15, -0.1) is 11.3 Å². The first kappa shape index (κ1) is 16.7. The third-order valence-corrected chi connectivity index (χ3v) is 5.64. The van der Waals surface area contributed by atoms with Crippen LogP contribution in [0.15, 0.2) is 65.2 Å². The third kappa shape index (κ3) is 2.76. The second-order valence-electron chi connectivity index (χ2n) is 6.31. The first-order chi connectivity index (χ1) is 13.7. The Bertz CT molecular complexity index is 1250. The van der Waals surface area contributed by atoms with E-state index >= 15 is 0 Å². The summed E-state index contributed by atoms with van der Waals surface area (Å²) in [6, 6.07) is 19.7. The van der Waals surface area contributed by atoms with Gasteiger partial charge in [0.05, 0.1) is 23.4 Å². The van der Waals surface area contributed by atoms with E-state index in [4.69, 9.17) is 9.26 Å². The van der Waals surface area contributed by atoms with Crippen molar-refractivity contribution in [1.82, 2.24) is 19.9 Å². The molecule has 0 atom stereocenters. The first-order valence-electron chi connectivity index (χ1n) is 8.76. The number of ether oxygens (including phenoxy) is 1. The minimum Gasteiger partial charge on any atom is -0.497 e. The Balaban J connectivity index is 1.54. The standard InChI is InChI=1S/C21H16N4O2S/c1-13-17-12-18(28-21(17)25(23-13)15-6-4-3-5-7-15)19-22-20(27-24-19)14-8-10-16(26-2)11-9-14/h3-12H,1-2H3. The second-order valence-corrected chi connectivity index (χ2v) is 7.34. The molecule has 138 valence electrons. The minimum atomic E-state index is 0.483. The molecule has 6 nitrogen and oxygen atoms in total. The van der Waals surface area contributed by atoms with Gasteiger partial charge in [0.25, 0.3) is 5.89 Å². The van der Waals surface area contributed by atoms with Gasteiger partial charge >= 0.3 is 0 Å². The van der Waals surface area contributed by atoms with E-state index in [2.05, 4.69) is 21.3 Å². The molecular formula is C21H16N4O2S. The molecule has 28 heavy (non-hydrogen) atoms. The zero-order valence-electron chi connectivity index (χ0n) is 15.3. The largest absolute Gasteiger partial charge is 0.497 e. The van der Waals surface area contributed by atoms with Crippen molar-refractivity contribution in [1.29, 1.82) is 0 Å². The van der Waals surface area contributed by atoms with Gasteiger partial charge in [0.15, 0.2) is 0 Å². The van der Waals surface area contributed by atoms with E-state index in [9.17, 15) is 0 Å². The molecule has 0 saturated carbocycles. The van der Waals surface area contributed by atoms with Crippen LogP contribution in [0.4, 0.5) is 0 Å². The fourth-order valence-corrected chi connectivity index (χ4v) is 4.18. The SMILES string of the molecule is COc1ccc(-c2nc(-c3cc4c(C)nn(-c5ccccc5)c4s3)no2)cc1. The average molecular weight is 388 g/mol. The van der Waals surface area contributed by atoms with Crippen LogP contribution in [0.3, 0.4) is 0 Å². The van der Waals surface area contributed by atoms with Crippen LogP contribution in [-0.4, -0.2) is 27.0 Å². The van der Waals surface area contributed by atoms with Crippen LogP contribution in [0.5, 0.6) is 5.75 Å². The molecule has 5 rings (SSSR count). The molecule has 3 heterocycles. The summed E-state index contributed by atoms with van der Waals surface area (Å²) in [6.45, 7) is 2.01. The van der Waals surface area contributed by atoms with Crippen LogP contribution in [0.2, 0.25) is 0 Å². The first-order valence-corrected chi connectivity index (χ1v) is 9.57. The number of methoxy groups -OCH3 is 1. The van der Waals surface area contributed by atoms with Crippen molar-refractivity contribution in [2.75, 3.05) is 7.11 Å². The third-order valence-electron chi connectivity index (χ3n) is 4.53. The summed E-state index contributed by atoms with van der Waals surface area (Å²) in [7, 11) is 1.64. The molecule has 0 saturated heterocycles. The van der Waals surface area contributed by atoms with Gasteiger partial charge in [-0.2, -0.15) is 10.1 Å². The van der Waals surface area contributed by atoms with Crippen molar-refractivity contribution >= 4 is 21.6 Å². The summed E-state index contributed by atoms with van der Waals surface area (Å²) in [4.78, 5) is 6.59. The molecule has 0 N–H and O–H groups in total. The van der Waals surface area contributed by atoms with E-state index in [0.29, 0.717) is 11.7 Å². The Morgan fingerprint density at radius 2 is 1.82 bits per heavy atom. The van der Waals surface area contributed by atoms with Gasteiger partial charge in [-0.3, -0.25) is 0 Å². The van der Waals surface area contributed by atoms with E-state index in [1.807, 2.05) is 66.2 Å². The van der Waals surface area contributed by atoms with Gasteiger partial charge in [-0.1, -0.05) is 23.4 Å². The quantitative estimate of drug-likeness (QED) is 0.427. The van der Waals surface area contributed by atoms with E-state index in [-0.39, 0.29) is 0 Å². The van der Waals surface area contributed by atoms with Crippen LogP contribution in [0, 0.1) is 6.92 Å². The fraction of sp³-hybridized carbons (Fsp3) is 0.0952. The summed E-state index contributed by atoms with van der Waals surface area (Å²) in [5, 5.41) is 9.95. The molecule has 0 radical (unpaired) electrons. The number of para-hydroxylation sites is 1. The van der Waals surface area contributed by atoms with E-state index < -0.39 is 0 Å². The summed E-state index contributed by atoms with van der Waals surface area (Å²) in [5.74, 6) is 1.84. The number of fused-ring (bicyclic) bond motifs is 1. The maximum Gasteiger partial charge on any atom is 0.258 e. The summed E-state index contributed by atoms with van der Waals surface area (Å²) in [6.07, 6.45) is 0. The molecular weight excluding hydrogens is 372 g/mol. The lowest BCUT2D eigenvalue weighted by Crippen LogP contribution is -1.94. The van der Waals surface area contributed by atoms with Gasteiger partial charge in [-0.25, -0.2) is 4.68 Å². The van der Waals surface area contributed by atoms with Crippen molar-refractivity contribution in [3.05, 3.63) is 66.4 Å². The Hall–Kier alpha value is -3.45. The van der Waals surface area contributed by atoms with Gasteiger partial charge in [0, 0.05) is 10.9 Å². The molecule has 7 heteroatoms. The topological polar surface area (TPSA) is 66.0 Å². The lowest BCUT2D eigenvalue weighted by atomic mass is 10.2. The van der Waals surface area contributed by atoms with Crippen LogP contribution in [0.1, 0.15) is 5.69 Å². The van der Waals surface area contributed by atoms with Gasteiger partial charge in [0.2, 0.25) is 5.82 Å². The predicted octanol–water partition coefficient (Wildman–Crippen LogP) is 5.12. The molecule has 0 spiro atoms. The molecule has 2 aromatic carbocycles. The number of thiophene rings is 1. The molecule has 0 aliphatic rings. The molecule has 0 aliphatic carbocycles. The minimum absolute atomic E-state index is 0.483. The highest BCUT2D eigenvalue weighted by molar-refractivity contribution is 7.21. The molecule has 0 amide bonds. The normalized spacial score (nSPS) is 11.2. The Kier molecular flexibility index (Phi) is 3.95. The zero-order valence-corrected chi connectivity index (χ0v) is 16.1. The molecule has 0 bridgehead atoms. The number of benzene rings is 2. The number of aryl methyl sites for hydroxylation is 1. The highest BCUT2D eigenvalue weighted by Crippen LogP contribution is 2.36. The van der Waals surface area contributed by atoms with E-state index in [0.717, 1.165) is 37.8 Å². The van der Waals surface area contributed by atoms with Crippen molar-refractivity contribution in [2.45, 2.75) is 6.92 Å². The van der Waals surface area contributed by atoms with Gasteiger partial charge in [-0.05, 0) is 49.4 Å². The number of nitrogens with zero attached hydrogens (tertiary/aromatic N) is 4. The number of rotatable bonds is 4. The number of hydrogen-bond acceptors (Lipinski definition) is 6.